The van der Waals surface area contributed by atoms with Crippen LogP contribution in [0.3, 0.4) is 0 Å². The fourth-order valence-electron chi connectivity index (χ4n) is 1.60. The summed E-state index contributed by atoms with van der Waals surface area (Å²) < 4.78 is 1.14. The van der Waals surface area contributed by atoms with Crippen molar-refractivity contribution in [2.45, 2.75) is 20.0 Å². The van der Waals surface area contributed by atoms with Crippen LogP contribution in [0.2, 0.25) is 5.02 Å². The smallest absolute Gasteiger partial charge is 0.287 e. The monoisotopic (exact) mass is 299 g/mol. The molecule has 102 valence electrons. The Morgan fingerprint density at radius 3 is 3.00 bits per heavy atom. The van der Waals surface area contributed by atoms with Gasteiger partial charge in [-0.2, -0.15) is 5.10 Å². The lowest BCUT2D eigenvalue weighted by atomic mass is 10.3. The highest BCUT2D eigenvalue weighted by molar-refractivity contribution is 7.10. The number of nitrogens with one attached hydrogen (secondary N) is 1. The average Bonchev–Trinajstić information content (AvgIpc) is 2.80. The van der Waals surface area contributed by atoms with E-state index in [0.29, 0.717) is 12.2 Å². The van der Waals surface area contributed by atoms with Gasteiger partial charge in [0.25, 0.3) is 5.56 Å². The molecule has 19 heavy (non-hydrogen) atoms. The van der Waals surface area contributed by atoms with Crippen LogP contribution in [0.4, 0.5) is 5.69 Å². The van der Waals surface area contributed by atoms with Crippen molar-refractivity contribution in [3.05, 3.63) is 43.5 Å². The van der Waals surface area contributed by atoms with Crippen LogP contribution in [0.25, 0.3) is 0 Å². The van der Waals surface area contributed by atoms with Gasteiger partial charge in [-0.25, -0.2) is 4.68 Å². The van der Waals surface area contributed by atoms with E-state index in [2.05, 4.69) is 10.4 Å². The molecule has 0 saturated carbocycles. The first-order valence-electron chi connectivity index (χ1n) is 5.76. The highest BCUT2D eigenvalue weighted by Crippen LogP contribution is 2.20. The molecule has 0 atom stereocenters. The minimum Gasteiger partial charge on any atom is -0.394 e. The Morgan fingerprint density at radius 1 is 1.58 bits per heavy atom. The maximum atomic E-state index is 11.8. The zero-order valence-electron chi connectivity index (χ0n) is 10.4. The minimum atomic E-state index is -0.399. The maximum absolute atomic E-state index is 11.8. The number of hydrogen-bond acceptors (Lipinski definition) is 5. The molecule has 0 spiro atoms. The molecule has 0 unspecified atom stereocenters. The maximum Gasteiger partial charge on any atom is 0.287 e. The Kier molecular flexibility index (Phi) is 4.57. The Balaban J connectivity index is 2.16. The minimum absolute atomic E-state index is 0.0951. The molecule has 2 rings (SSSR count). The third-order valence-corrected chi connectivity index (χ3v) is 4.09. The summed E-state index contributed by atoms with van der Waals surface area (Å²) in [5.41, 5.74) is 1.31. The van der Waals surface area contributed by atoms with Crippen molar-refractivity contribution in [1.82, 2.24) is 9.78 Å². The molecule has 0 aliphatic carbocycles. The van der Waals surface area contributed by atoms with E-state index in [4.69, 9.17) is 16.7 Å². The van der Waals surface area contributed by atoms with Crippen molar-refractivity contribution < 1.29 is 5.11 Å². The number of halogens is 1. The first-order valence-corrected chi connectivity index (χ1v) is 7.02. The highest BCUT2D eigenvalue weighted by Gasteiger charge is 2.09. The van der Waals surface area contributed by atoms with E-state index in [1.54, 1.807) is 11.3 Å². The Bertz CT molecular complexity index is 624. The number of thiophene rings is 1. The lowest BCUT2D eigenvalue weighted by Crippen LogP contribution is -2.25. The first kappa shape index (κ1) is 14.0. The van der Waals surface area contributed by atoms with Crippen LogP contribution in [-0.2, 0) is 13.1 Å². The largest absolute Gasteiger partial charge is 0.394 e. The zero-order chi connectivity index (χ0) is 13.8. The van der Waals surface area contributed by atoms with Gasteiger partial charge in [0.05, 0.1) is 25.0 Å². The molecule has 2 aromatic heterocycles. The molecule has 0 saturated heterocycles. The average molecular weight is 300 g/mol. The Hall–Kier alpha value is -1.37. The fourth-order valence-corrected chi connectivity index (χ4v) is 2.66. The number of aryl methyl sites for hydroxylation is 1. The summed E-state index contributed by atoms with van der Waals surface area (Å²) in [6, 6.07) is 2.04. The number of aliphatic hydroxyl groups is 1. The second kappa shape index (κ2) is 6.18. The second-order valence-electron chi connectivity index (χ2n) is 4.00. The van der Waals surface area contributed by atoms with Crippen LogP contribution in [0.15, 0.2) is 22.4 Å². The van der Waals surface area contributed by atoms with E-state index in [1.807, 2.05) is 18.4 Å². The molecule has 0 amide bonds. The molecule has 2 heterocycles. The molecule has 5 nitrogen and oxygen atoms in total. The van der Waals surface area contributed by atoms with Crippen molar-refractivity contribution in [2.24, 2.45) is 0 Å². The predicted octanol–water partition coefficient (Wildman–Crippen LogP) is 1.87. The number of anilines is 1. The topological polar surface area (TPSA) is 67.2 Å². The number of aromatic nitrogens is 2. The molecule has 0 aromatic carbocycles. The zero-order valence-corrected chi connectivity index (χ0v) is 12.0. The van der Waals surface area contributed by atoms with E-state index < -0.39 is 5.56 Å². The number of nitrogens with zero attached hydrogens (tertiary/aromatic N) is 2. The molecule has 0 fully saturated rings. The standard InChI is InChI=1S/C12H14ClN3O2S/c1-8-2-5-19-10(8)7-14-9-6-15-16(3-4-17)12(18)11(9)13/h2,5-6,14,17H,3-4,7H2,1H3. The van der Waals surface area contributed by atoms with Crippen LogP contribution in [0.1, 0.15) is 10.4 Å². The van der Waals surface area contributed by atoms with Gasteiger partial charge in [0.2, 0.25) is 0 Å². The summed E-state index contributed by atoms with van der Waals surface area (Å²) in [5.74, 6) is 0. The fraction of sp³-hybridized carbons (Fsp3) is 0.333. The SMILES string of the molecule is Cc1ccsc1CNc1cnn(CCO)c(=O)c1Cl. The van der Waals surface area contributed by atoms with Gasteiger partial charge in [-0.15, -0.1) is 11.3 Å². The summed E-state index contributed by atoms with van der Waals surface area (Å²) >= 11 is 7.65. The van der Waals surface area contributed by atoms with Crippen molar-refractivity contribution in [2.75, 3.05) is 11.9 Å². The lowest BCUT2D eigenvalue weighted by molar-refractivity contribution is 0.266. The molecular formula is C12H14ClN3O2S. The number of aliphatic hydroxyl groups excluding tert-OH is 1. The number of hydrogen-bond donors (Lipinski definition) is 2. The van der Waals surface area contributed by atoms with Gasteiger partial charge in [0.1, 0.15) is 5.02 Å². The van der Waals surface area contributed by atoms with Gasteiger partial charge < -0.3 is 10.4 Å². The third kappa shape index (κ3) is 3.15. The van der Waals surface area contributed by atoms with Gasteiger partial charge in [-0.05, 0) is 23.9 Å². The first-order chi connectivity index (χ1) is 9.13. The lowest BCUT2D eigenvalue weighted by Gasteiger charge is -2.09. The summed E-state index contributed by atoms with van der Waals surface area (Å²) in [4.78, 5) is 13.0. The van der Waals surface area contributed by atoms with E-state index in [0.717, 1.165) is 4.68 Å². The highest BCUT2D eigenvalue weighted by atomic mass is 35.5. The van der Waals surface area contributed by atoms with E-state index in [-0.39, 0.29) is 18.2 Å². The van der Waals surface area contributed by atoms with Gasteiger partial charge >= 0.3 is 0 Å². The summed E-state index contributed by atoms with van der Waals surface area (Å²) in [6.07, 6.45) is 1.50. The Morgan fingerprint density at radius 2 is 2.37 bits per heavy atom. The van der Waals surface area contributed by atoms with Crippen LogP contribution < -0.4 is 10.9 Å². The summed E-state index contributed by atoms with van der Waals surface area (Å²) in [6.45, 7) is 2.63. The third-order valence-electron chi connectivity index (χ3n) is 2.70. The van der Waals surface area contributed by atoms with Gasteiger partial charge in [-0.1, -0.05) is 11.6 Å². The molecule has 7 heteroatoms. The van der Waals surface area contributed by atoms with Gasteiger partial charge in [-0.3, -0.25) is 4.79 Å². The molecular weight excluding hydrogens is 286 g/mol. The van der Waals surface area contributed by atoms with Gasteiger partial charge in [0, 0.05) is 11.4 Å². The van der Waals surface area contributed by atoms with Crippen molar-refractivity contribution in [3.8, 4) is 0 Å². The molecule has 0 aliphatic heterocycles. The van der Waals surface area contributed by atoms with Crippen LogP contribution in [-0.4, -0.2) is 21.5 Å². The van der Waals surface area contributed by atoms with E-state index in [1.165, 1.54) is 16.6 Å². The van der Waals surface area contributed by atoms with Crippen LogP contribution >= 0.6 is 22.9 Å². The van der Waals surface area contributed by atoms with E-state index >= 15 is 0 Å². The molecule has 2 N–H and O–H groups in total. The van der Waals surface area contributed by atoms with Crippen molar-refractivity contribution in [3.63, 3.8) is 0 Å². The normalized spacial score (nSPS) is 10.7. The molecule has 0 aliphatic rings. The molecule has 2 aromatic rings. The van der Waals surface area contributed by atoms with Crippen LogP contribution in [0, 0.1) is 6.92 Å². The van der Waals surface area contributed by atoms with Crippen LogP contribution in [0.5, 0.6) is 0 Å². The predicted molar refractivity (Wildman–Crippen MR) is 77.0 cm³/mol. The van der Waals surface area contributed by atoms with Crippen molar-refractivity contribution >= 4 is 28.6 Å². The summed E-state index contributed by atoms with van der Waals surface area (Å²) in [5, 5.41) is 18.0. The molecule has 0 bridgehead atoms. The van der Waals surface area contributed by atoms with Crippen molar-refractivity contribution in [1.29, 1.82) is 0 Å². The summed E-state index contributed by atoms with van der Waals surface area (Å²) in [7, 11) is 0. The Labute approximate surface area is 119 Å². The molecule has 0 radical (unpaired) electrons. The van der Waals surface area contributed by atoms with E-state index in [9.17, 15) is 4.79 Å². The number of rotatable bonds is 5. The van der Waals surface area contributed by atoms with Gasteiger partial charge in [0.15, 0.2) is 0 Å². The second-order valence-corrected chi connectivity index (χ2v) is 5.38. The quantitative estimate of drug-likeness (QED) is 0.884.